The number of ether oxygens (including phenoxy) is 3. The summed E-state index contributed by atoms with van der Waals surface area (Å²) < 4.78 is 16.9. The van der Waals surface area contributed by atoms with E-state index < -0.39 is 0 Å². The number of amides is 1. The fourth-order valence-corrected chi connectivity index (χ4v) is 3.78. The Balaban J connectivity index is 1.46. The van der Waals surface area contributed by atoms with Crippen molar-refractivity contribution in [1.82, 2.24) is 5.32 Å². The quantitative estimate of drug-likeness (QED) is 0.939. The standard InChI is InChI=1S/C17H17NO4S/c19-17(16-15-14(10-23-16)21-7-8-22-15)18-9-13-12-4-2-1-3-11(12)5-6-20-13/h1-4,10,13H,5-9H2,(H,18,19)/t13-/m1/s1. The predicted octanol–water partition coefficient (Wildman–Crippen LogP) is 2.56. The van der Waals surface area contributed by atoms with E-state index in [1.165, 1.54) is 16.9 Å². The zero-order valence-corrected chi connectivity index (χ0v) is 13.4. The number of fused-ring (bicyclic) bond motifs is 2. The first kappa shape index (κ1) is 14.5. The van der Waals surface area contributed by atoms with Crippen LogP contribution in [0.15, 0.2) is 29.6 Å². The van der Waals surface area contributed by atoms with Crippen molar-refractivity contribution >= 4 is 17.2 Å². The number of carbonyl (C=O) groups excluding carboxylic acids is 1. The van der Waals surface area contributed by atoms with E-state index in [0.717, 1.165) is 12.0 Å². The smallest absolute Gasteiger partial charge is 0.265 e. The third-order valence-electron chi connectivity index (χ3n) is 4.05. The van der Waals surface area contributed by atoms with Crippen LogP contribution in [0.2, 0.25) is 0 Å². The van der Waals surface area contributed by atoms with Crippen LogP contribution in [0.25, 0.3) is 0 Å². The Hall–Kier alpha value is -2.05. The van der Waals surface area contributed by atoms with Gasteiger partial charge in [0.15, 0.2) is 11.5 Å². The molecule has 0 fully saturated rings. The molecule has 0 unspecified atom stereocenters. The van der Waals surface area contributed by atoms with Crippen LogP contribution >= 0.6 is 11.3 Å². The average Bonchev–Trinajstić information content (AvgIpc) is 3.04. The molecule has 2 aliphatic rings. The molecule has 1 N–H and O–H groups in total. The highest BCUT2D eigenvalue weighted by atomic mass is 32.1. The molecule has 5 nitrogen and oxygen atoms in total. The predicted molar refractivity (Wildman–Crippen MR) is 86.5 cm³/mol. The van der Waals surface area contributed by atoms with Gasteiger partial charge in [-0.25, -0.2) is 0 Å². The molecule has 1 aromatic heterocycles. The van der Waals surface area contributed by atoms with Crippen LogP contribution in [-0.4, -0.2) is 32.3 Å². The number of hydrogen-bond donors (Lipinski definition) is 1. The third kappa shape index (κ3) is 2.80. The first-order valence-electron chi connectivity index (χ1n) is 7.67. The lowest BCUT2D eigenvalue weighted by molar-refractivity contribution is 0.0411. The minimum Gasteiger partial charge on any atom is -0.485 e. The Kier molecular flexibility index (Phi) is 3.93. The summed E-state index contributed by atoms with van der Waals surface area (Å²) in [6.45, 7) is 2.13. The van der Waals surface area contributed by atoms with Crippen LogP contribution < -0.4 is 14.8 Å². The van der Waals surface area contributed by atoms with Gasteiger partial charge in [0.05, 0.1) is 6.61 Å². The van der Waals surface area contributed by atoms with Gasteiger partial charge in [-0.2, -0.15) is 0 Å². The molecule has 1 atom stereocenters. The van der Waals surface area contributed by atoms with Crippen molar-refractivity contribution in [2.75, 3.05) is 26.4 Å². The van der Waals surface area contributed by atoms with Crippen LogP contribution in [0.3, 0.4) is 0 Å². The number of thiophene rings is 1. The van der Waals surface area contributed by atoms with Crippen molar-refractivity contribution in [3.8, 4) is 11.5 Å². The number of hydrogen-bond acceptors (Lipinski definition) is 5. The monoisotopic (exact) mass is 331 g/mol. The van der Waals surface area contributed by atoms with E-state index in [0.29, 0.717) is 42.7 Å². The number of rotatable bonds is 3. The molecule has 0 saturated heterocycles. The third-order valence-corrected chi connectivity index (χ3v) is 4.99. The molecule has 2 aliphatic heterocycles. The van der Waals surface area contributed by atoms with Gasteiger partial charge in [-0.1, -0.05) is 24.3 Å². The highest BCUT2D eigenvalue weighted by molar-refractivity contribution is 7.12. The van der Waals surface area contributed by atoms with E-state index in [-0.39, 0.29) is 12.0 Å². The highest BCUT2D eigenvalue weighted by Crippen LogP contribution is 2.39. The molecule has 0 spiro atoms. The zero-order valence-electron chi connectivity index (χ0n) is 12.5. The van der Waals surface area contributed by atoms with Gasteiger partial charge in [0.2, 0.25) is 0 Å². The zero-order chi connectivity index (χ0) is 15.6. The lowest BCUT2D eigenvalue weighted by atomic mass is 9.97. The second kappa shape index (κ2) is 6.22. The fourth-order valence-electron chi connectivity index (χ4n) is 2.93. The first-order chi connectivity index (χ1) is 11.3. The Morgan fingerprint density at radius 1 is 1.22 bits per heavy atom. The summed E-state index contributed by atoms with van der Waals surface area (Å²) in [5, 5.41) is 4.77. The van der Waals surface area contributed by atoms with Crippen molar-refractivity contribution in [3.05, 3.63) is 45.6 Å². The van der Waals surface area contributed by atoms with Gasteiger partial charge in [0, 0.05) is 11.9 Å². The molecule has 3 heterocycles. The molecule has 1 amide bonds. The molecule has 2 aromatic rings. The van der Waals surface area contributed by atoms with E-state index in [1.54, 1.807) is 0 Å². The molecule has 4 rings (SSSR count). The molecule has 6 heteroatoms. The molecule has 23 heavy (non-hydrogen) atoms. The van der Waals surface area contributed by atoms with Crippen LogP contribution in [0.4, 0.5) is 0 Å². The van der Waals surface area contributed by atoms with E-state index in [2.05, 4.69) is 17.4 Å². The van der Waals surface area contributed by atoms with Crippen molar-refractivity contribution in [3.63, 3.8) is 0 Å². The van der Waals surface area contributed by atoms with E-state index in [9.17, 15) is 4.79 Å². The molecule has 1 aromatic carbocycles. The van der Waals surface area contributed by atoms with Gasteiger partial charge >= 0.3 is 0 Å². The van der Waals surface area contributed by atoms with Crippen molar-refractivity contribution in [2.24, 2.45) is 0 Å². The summed E-state index contributed by atoms with van der Waals surface area (Å²) >= 11 is 1.34. The molecule has 0 radical (unpaired) electrons. The van der Waals surface area contributed by atoms with Crippen molar-refractivity contribution in [2.45, 2.75) is 12.5 Å². The van der Waals surface area contributed by atoms with Crippen molar-refractivity contribution in [1.29, 1.82) is 0 Å². The second-order valence-corrected chi connectivity index (χ2v) is 6.35. The molecular formula is C17H17NO4S. The van der Waals surface area contributed by atoms with Crippen LogP contribution in [0.5, 0.6) is 11.5 Å². The number of nitrogens with one attached hydrogen (secondary N) is 1. The molecule has 0 saturated carbocycles. The minimum atomic E-state index is -0.145. The molecule has 120 valence electrons. The maximum absolute atomic E-state index is 12.4. The van der Waals surface area contributed by atoms with Crippen molar-refractivity contribution < 1.29 is 19.0 Å². The molecule has 0 bridgehead atoms. The summed E-state index contributed by atoms with van der Waals surface area (Å²) in [6, 6.07) is 8.22. The summed E-state index contributed by atoms with van der Waals surface area (Å²) in [4.78, 5) is 13.0. The van der Waals surface area contributed by atoms with Crippen LogP contribution in [0.1, 0.15) is 26.9 Å². The first-order valence-corrected chi connectivity index (χ1v) is 8.55. The highest BCUT2D eigenvalue weighted by Gasteiger charge is 2.25. The number of benzene rings is 1. The Morgan fingerprint density at radius 2 is 2.09 bits per heavy atom. The average molecular weight is 331 g/mol. The normalized spacial score (nSPS) is 19.0. The van der Waals surface area contributed by atoms with Gasteiger partial charge in [-0.05, 0) is 17.5 Å². The van der Waals surface area contributed by atoms with E-state index >= 15 is 0 Å². The topological polar surface area (TPSA) is 56.8 Å². The summed E-state index contributed by atoms with van der Waals surface area (Å²) in [6.07, 6.45) is 0.821. The molecule has 0 aliphatic carbocycles. The summed E-state index contributed by atoms with van der Waals surface area (Å²) in [5.74, 6) is 1.07. The van der Waals surface area contributed by atoms with Gasteiger partial charge in [0.1, 0.15) is 24.2 Å². The Morgan fingerprint density at radius 3 is 3.04 bits per heavy atom. The maximum Gasteiger partial charge on any atom is 0.265 e. The van der Waals surface area contributed by atoms with Gasteiger partial charge < -0.3 is 19.5 Å². The Bertz CT molecular complexity index is 727. The number of carbonyl (C=O) groups is 1. The SMILES string of the molecule is O=C(NC[C@H]1OCCc2ccccc21)c1scc2c1OCCO2. The summed E-state index contributed by atoms with van der Waals surface area (Å²) in [5.41, 5.74) is 2.45. The molecular weight excluding hydrogens is 314 g/mol. The lowest BCUT2D eigenvalue weighted by Gasteiger charge is -2.26. The maximum atomic E-state index is 12.4. The fraction of sp³-hybridized carbons (Fsp3) is 0.353. The van der Waals surface area contributed by atoms with E-state index in [4.69, 9.17) is 14.2 Å². The van der Waals surface area contributed by atoms with Crippen LogP contribution in [-0.2, 0) is 11.2 Å². The largest absolute Gasteiger partial charge is 0.485 e. The van der Waals surface area contributed by atoms with Crippen LogP contribution in [0, 0.1) is 0 Å². The van der Waals surface area contributed by atoms with E-state index in [1.807, 2.05) is 17.5 Å². The summed E-state index contributed by atoms with van der Waals surface area (Å²) in [7, 11) is 0. The van der Waals surface area contributed by atoms with Gasteiger partial charge in [-0.3, -0.25) is 4.79 Å². The second-order valence-electron chi connectivity index (χ2n) is 5.47. The van der Waals surface area contributed by atoms with Gasteiger partial charge in [0.25, 0.3) is 5.91 Å². The Labute approximate surface area is 138 Å². The minimum absolute atomic E-state index is 0.100. The van der Waals surface area contributed by atoms with Gasteiger partial charge in [-0.15, -0.1) is 11.3 Å². The lowest BCUT2D eigenvalue weighted by Crippen LogP contribution is -2.31.